The van der Waals surface area contributed by atoms with Gasteiger partial charge in [0.1, 0.15) is 11.1 Å². The van der Waals surface area contributed by atoms with Crippen LogP contribution in [0, 0.1) is 0 Å². The molecular formula is C7H9N3OS. The molecule has 0 atom stereocenters. The van der Waals surface area contributed by atoms with Gasteiger partial charge in [-0.25, -0.2) is 0 Å². The maximum Gasteiger partial charge on any atom is 0.208 e. The monoisotopic (exact) mass is 183 g/mol. The predicted octanol–water partition coefficient (Wildman–Crippen LogP) is 0.517. The van der Waals surface area contributed by atoms with E-state index in [4.69, 9.17) is 4.74 Å². The van der Waals surface area contributed by atoms with Gasteiger partial charge in [0, 0.05) is 6.42 Å². The molecule has 0 saturated carbocycles. The van der Waals surface area contributed by atoms with Crippen molar-refractivity contribution >= 4 is 16.5 Å². The summed E-state index contributed by atoms with van der Waals surface area (Å²) in [6, 6.07) is 0. The fourth-order valence-electron chi connectivity index (χ4n) is 1.73. The topological polar surface area (TPSA) is 38.2 Å². The number of ether oxygens (including phenoxy) is 1. The van der Waals surface area contributed by atoms with E-state index in [2.05, 4.69) is 15.1 Å². The standard InChI is InChI=1S/C7H9N3OS/c1-2-11-7(1)3-10(4-7)6-9-8-5-12-6/h5H,1-4H2. The molecule has 4 nitrogen and oxygen atoms in total. The lowest BCUT2D eigenvalue weighted by Crippen LogP contribution is -2.68. The van der Waals surface area contributed by atoms with Crippen molar-refractivity contribution in [2.75, 3.05) is 24.6 Å². The van der Waals surface area contributed by atoms with Crippen molar-refractivity contribution in [1.82, 2.24) is 10.2 Å². The van der Waals surface area contributed by atoms with Crippen LogP contribution in [-0.2, 0) is 4.74 Å². The number of nitrogens with zero attached hydrogens (tertiary/aromatic N) is 3. The molecular weight excluding hydrogens is 174 g/mol. The molecule has 1 aromatic rings. The zero-order chi connectivity index (χ0) is 8.02. The van der Waals surface area contributed by atoms with Gasteiger partial charge in [-0.3, -0.25) is 0 Å². The second kappa shape index (κ2) is 2.17. The van der Waals surface area contributed by atoms with Crippen molar-refractivity contribution in [3.05, 3.63) is 5.51 Å². The number of hydrogen-bond donors (Lipinski definition) is 0. The molecule has 0 amide bonds. The maximum atomic E-state index is 5.50. The molecule has 3 heterocycles. The highest BCUT2D eigenvalue weighted by atomic mass is 32.1. The highest BCUT2D eigenvalue weighted by Gasteiger charge is 2.49. The summed E-state index contributed by atoms with van der Waals surface area (Å²) < 4.78 is 5.50. The van der Waals surface area contributed by atoms with Crippen LogP contribution < -0.4 is 4.90 Å². The minimum atomic E-state index is 0.200. The molecule has 12 heavy (non-hydrogen) atoms. The highest BCUT2D eigenvalue weighted by molar-refractivity contribution is 7.13. The fraction of sp³-hybridized carbons (Fsp3) is 0.714. The van der Waals surface area contributed by atoms with Crippen molar-refractivity contribution in [1.29, 1.82) is 0 Å². The fourth-order valence-corrected chi connectivity index (χ4v) is 2.29. The molecule has 2 aliphatic rings. The van der Waals surface area contributed by atoms with Gasteiger partial charge < -0.3 is 9.64 Å². The zero-order valence-electron chi connectivity index (χ0n) is 6.56. The second-order valence-corrected chi connectivity index (χ2v) is 4.17. The first-order valence-corrected chi connectivity index (χ1v) is 4.91. The number of anilines is 1. The van der Waals surface area contributed by atoms with Crippen LogP contribution in [0.25, 0.3) is 0 Å². The minimum Gasteiger partial charge on any atom is -0.371 e. The Kier molecular flexibility index (Phi) is 1.23. The lowest BCUT2D eigenvalue weighted by Gasteiger charge is -2.54. The third-order valence-corrected chi connectivity index (χ3v) is 3.29. The third kappa shape index (κ3) is 0.804. The predicted molar refractivity (Wildman–Crippen MR) is 45.4 cm³/mol. The number of rotatable bonds is 1. The van der Waals surface area contributed by atoms with Gasteiger partial charge in [-0.15, -0.1) is 10.2 Å². The van der Waals surface area contributed by atoms with Crippen LogP contribution in [0.3, 0.4) is 0 Å². The van der Waals surface area contributed by atoms with Crippen LogP contribution in [0.4, 0.5) is 5.13 Å². The van der Waals surface area contributed by atoms with E-state index in [0.717, 1.165) is 24.8 Å². The normalized spacial score (nSPS) is 25.2. The molecule has 1 aromatic heterocycles. The summed E-state index contributed by atoms with van der Waals surface area (Å²) in [7, 11) is 0. The molecule has 2 aliphatic heterocycles. The Labute approximate surface area is 74.2 Å². The van der Waals surface area contributed by atoms with E-state index in [-0.39, 0.29) is 5.60 Å². The molecule has 0 bridgehead atoms. The lowest BCUT2D eigenvalue weighted by molar-refractivity contribution is -0.160. The van der Waals surface area contributed by atoms with E-state index in [1.807, 2.05) is 0 Å². The molecule has 64 valence electrons. The zero-order valence-corrected chi connectivity index (χ0v) is 7.38. The molecule has 0 aromatic carbocycles. The van der Waals surface area contributed by atoms with Gasteiger partial charge in [-0.1, -0.05) is 11.3 Å². The summed E-state index contributed by atoms with van der Waals surface area (Å²) in [6.07, 6.45) is 1.21. The van der Waals surface area contributed by atoms with Crippen molar-refractivity contribution in [2.45, 2.75) is 12.0 Å². The van der Waals surface area contributed by atoms with Crippen molar-refractivity contribution in [3.8, 4) is 0 Å². The molecule has 0 N–H and O–H groups in total. The van der Waals surface area contributed by atoms with Crippen LogP contribution in [0.2, 0.25) is 0 Å². The Morgan fingerprint density at radius 1 is 1.58 bits per heavy atom. The minimum absolute atomic E-state index is 0.200. The largest absolute Gasteiger partial charge is 0.371 e. The Morgan fingerprint density at radius 3 is 2.92 bits per heavy atom. The highest BCUT2D eigenvalue weighted by Crippen LogP contribution is 2.38. The average Bonchev–Trinajstić information content (AvgIpc) is 2.32. The summed E-state index contributed by atoms with van der Waals surface area (Å²) in [6.45, 7) is 2.94. The van der Waals surface area contributed by atoms with Crippen LogP contribution in [0.5, 0.6) is 0 Å². The van der Waals surface area contributed by atoms with Crippen LogP contribution in [0.1, 0.15) is 6.42 Å². The van der Waals surface area contributed by atoms with Gasteiger partial charge in [-0.2, -0.15) is 0 Å². The SMILES string of the molecule is c1nnc(N2CC3(CCO3)C2)s1. The van der Waals surface area contributed by atoms with Gasteiger partial charge in [0.2, 0.25) is 5.13 Å². The van der Waals surface area contributed by atoms with Crippen molar-refractivity contribution in [3.63, 3.8) is 0 Å². The van der Waals surface area contributed by atoms with Gasteiger partial charge in [0.05, 0.1) is 19.7 Å². The van der Waals surface area contributed by atoms with Gasteiger partial charge in [0.25, 0.3) is 0 Å². The molecule has 0 radical (unpaired) electrons. The summed E-state index contributed by atoms with van der Waals surface area (Å²) in [5.41, 5.74) is 1.97. The van der Waals surface area contributed by atoms with Crippen molar-refractivity contribution < 1.29 is 4.74 Å². The third-order valence-electron chi connectivity index (χ3n) is 2.54. The van der Waals surface area contributed by atoms with E-state index in [1.165, 1.54) is 6.42 Å². The number of aromatic nitrogens is 2. The van der Waals surface area contributed by atoms with Crippen LogP contribution in [0.15, 0.2) is 5.51 Å². The second-order valence-electron chi connectivity index (χ2n) is 3.36. The first-order chi connectivity index (χ1) is 5.88. The van der Waals surface area contributed by atoms with Crippen LogP contribution >= 0.6 is 11.3 Å². The maximum absolute atomic E-state index is 5.50. The molecule has 0 unspecified atom stereocenters. The Bertz CT molecular complexity index is 275. The summed E-state index contributed by atoms with van der Waals surface area (Å²) in [5, 5.41) is 8.83. The first kappa shape index (κ1) is 6.80. The van der Waals surface area contributed by atoms with Gasteiger partial charge >= 0.3 is 0 Å². The van der Waals surface area contributed by atoms with Gasteiger partial charge in [0.15, 0.2) is 0 Å². The molecule has 2 saturated heterocycles. The van der Waals surface area contributed by atoms with Crippen molar-refractivity contribution in [2.24, 2.45) is 0 Å². The quantitative estimate of drug-likeness (QED) is 0.636. The average molecular weight is 183 g/mol. The Morgan fingerprint density at radius 2 is 2.42 bits per heavy atom. The molecule has 3 rings (SSSR count). The Balaban J connectivity index is 1.69. The Hall–Kier alpha value is -0.680. The summed E-state index contributed by atoms with van der Waals surface area (Å²) in [5.74, 6) is 0. The van der Waals surface area contributed by atoms with Crippen LogP contribution in [-0.4, -0.2) is 35.5 Å². The number of hydrogen-bond acceptors (Lipinski definition) is 5. The van der Waals surface area contributed by atoms with E-state index in [9.17, 15) is 0 Å². The lowest BCUT2D eigenvalue weighted by atomic mass is 9.87. The molecule has 0 aliphatic carbocycles. The first-order valence-electron chi connectivity index (χ1n) is 4.03. The van der Waals surface area contributed by atoms with E-state index in [0.29, 0.717) is 0 Å². The van der Waals surface area contributed by atoms with E-state index in [1.54, 1.807) is 16.8 Å². The summed E-state index contributed by atoms with van der Waals surface area (Å²) >= 11 is 1.59. The van der Waals surface area contributed by atoms with Gasteiger partial charge in [-0.05, 0) is 0 Å². The molecule has 2 fully saturated rings. The smallest absolute Gasteiger partial charge is 0.208 e. The van der Waals surface area contributed by atoms with E-state index >= 15 is 0 Å². The van der Waals surface area contributed by atoms with E-state index < -0.39 is 0 Å². The molecule has 5 heteroatoms. The molecule has 1 spiro atoms. The summed E-state index contributed by atoms with van der Waals surface area (Å²) in [4.78, 5) is 2.22.